The van der Waals surface area contributed by atoms with Crippen molar-refractivity contribution in [3.63, 3.8) is 0 Å². The molecule has 1 aromatic rings. The summed E-state index contributed by atoms with van der Waals surface area (Å²) in [6, 6.07) is 5.20. The van der Waals surface area contributed by atoms with Crippen molar-refractivity contribution in [3.8, 4) is 0 Å². The summed E-state index contributed by atoms with van der Waals surface area (Å²) < 4.78 is 0. The second-order valence-corrected chi connectivity index (χ2v) is 7.80. The van der Waals surface area contributed by atoms with E-state index >= 15 is 0 Å². The minimum atomic E-state index is 0.140. The fraction of sp³-hybridized carbons (Fsp3) is 0.588. The molecule has 0 saturated heterocycles. The Hall–Kier alpha value is -0.730. The Kier molecular flexibility index (Phi) is 3.42. The van der Waals surface area contributed by atoms with Crippen LogP contribution in [0.15, 0.2) is 18.2 Å². The zero-order valence-corrected chi connectivity index (χ0v) is 13.3. The summed E-state index contributed by atoms with van der Waals surface area (Å²) >= 11 is 12.1. The van der Waals surface area contributed by atoms with Gasteiger partial charge in [0.15, 0.2) is 0 Å². The molecule has 2 bridgehead atoms. The molecule has 0 unspecified atom stereocenters. The van der Waals surface area contributed by atoms with Gasteiger partial charge in [-0.2, -0.15) is 0 Å². The highest BCUT2D eigenvalue weighted by atomic mass is 35.5. The fourth-order valence-corrected chi connectivity index (χ4v) is 5.44. The monoisotopic (exact) mass is 323 g/mol. The van der Waals surface area contributed by atoms with E-state index < -0.39 is 0 Å². The Labute approximate surface area is 135 Å². The minimum Gasteiger partial charge on any atom is -0.324 e. The Morgan fingerprint density at radius 3 is 2.81 bits per heavy atom. The first-order valence-electron chi connectivity index (χ1n) is 7.87. The van der Waals surface area contributed by atoms with Crippen LogP contribution < -0.4 is 5.32 Å². The molecule has 3 fully saturated rings. The number of halogens is 2. The van der Waals surface area contributed by atoms with Crippen molar-refractivity contribution in [2.45, 2.75) is 32.1 Å². The van der Waals surface area contributed by atoms with Crippen molar-refractivity contribution in [2.24, 2.45) is 29.6 Å². The molecule has 3 aliphatic carbocycles. The lowest BCUT2D eigenvalue weighted by atomic mass is 9.72. The molecule has 0 spiro atoms. The van der Waals surface area contributed by atoms with E-state index in [4.69, 9.17) is 23.2 Å². The largest absolute Gasteiger partial charge is 0.324 e. The van der Waals surface area contributed by atoms with E-state index in [9.17, 15) is 4.79 Å². The first-order valence-corrected chi connectivity index (χ1v) is 8.63. The summed E-state index contributed by atoms with van der Waals surface area (Å²) in [5.74, 6) is 3.36. The van der Waals surface area contributed by atoms with Gasteiger partial charge < -0.3 is 5.32 Å². The molecule has 0 heterocycles. The Balaban J connectivity index is 1.54. The number of carbonyl (C=O) groups is 1. The van der Waals surface area contributed by atoms with Gasteiger partial charge in [-0.3, -0.25) is 4.79 Å². The van der Waals surface area contributed by atoms with Crippen LogP contribution in [0.3, 0.4) is 0 Å². The van der Waals surface area contributed by atoms with Gasteiger partial charge in [-0.15, -0.1) is 0 Å². The maximum absolute atomic E-state index is 12.7. The normalized spacial score (nSPS) is 36.8. The predicted octanol–water partition coefficient (Wildman–Crippen LogP) is 5.00. The first-order chi connectivity index (χ1) is 10.1. The van der Waals surface area contributed by atoms with Crippen LogP contribution in [-0.2, 0) is 4.79 Å². The molecule has 1 aromatic carbocycles. The molecule has 112 valence electrons. The van der Waals surface area contributed by atoms with Crippen molar-refractivity contribution in [1.82, 2.24) is 0 Å². The van der Waals surface area contributed by atoms with Gasteiger partial charge >= 0.3 is 0 Å². The average Bonchev–Trinajstić information content (AvgIpc) is 2.97. The Morgan fingerprint density at radius 1 is 1.10 bits per heavy atom. The lowest BCUT2D eigenvalue weighted by Crippen LogP contribution is -2.35. The van der Waals surface area contributed by atoms with Gasteiger partial charge in [-0.1, -0.05) is 23.2 Å². The van der Waals surface area contributed by atoms with Gasteiger partial charge in [0, 0.05) is 10.9 Å². The molecule has 3 saturated carbocycles. The van der Waals surface area contributed by atoms with Crippen LogP contribution in [0.5, 0.6) is 0 Å². The van der Waals surface area contributed by atoms with Crippen molar-refractivity contribution in [2.75, 3.05) is 5.32 Å². The number of rotatable bonds is 2. The third-order valence-electron chi connectivity index (χ3n) is 5.89. The van der Waals surface area contributed by atoms with Crippen molar-refractivity contribution in [3.05, 3.63) is 28.2 Å². The lowest BCUT2D eigenvalue weighted by molar-refractivity contribution is -0.123. The first kappa shape index (κ1) is 13.9. The fourth-order valence-electron chi connectivity index (χ4n) is 5.10. The van der Waals surface area contributed by atoms with Crippen LogP contribution in [0.25, 0.3) is 0 Å². The molecule has 1 amide bonds. The van der Waals surface area contributed by atoms with E-state index in [1.165, 1.54) is 25.7 Å². The van der Waals surface area contributed by atoms with Gasteiger partial charge in [0.2, 0.25) is 5.91 Å². The number of hydrogen-bond donors (Lipinski definition) is 1. The number of carbonyl (C=O) groups excluding carboxylic acids is 1. The zero-order valence-electron chi connectivity index (χ0n) is 11.8. The third-order valence-corrected chi connectivity index (χ3v) is 6.46. The summed E-state index contributed by atoms with van der Waals surface area (Å²) in [7, 11) is 0. The van der Waals surface area contributed by atoms with Crippen molar-refractivity contribution in [1.29, 1.82) is 0 Å². The number of fused-ring (bicyclic) bond motifs is 1. The smallest absolute Gasteiger partial charge is 0.227 e. The number of nitrogens with one attached hydrogen (secondary N) is 1. The van der Waals surface area contributed by atoms with Crippen molar-refractivity contribution < 1.29 is 4.79 Å². The zero-order chi connectivity index (χ0) is 14.6. The average molecular weight is 324 g/mol. The number of benzene rings is 1. The van der Waals surface area contributed by atoms with E-state index in [0.717, 1.165) is 24.2 Å². The highest BCUT2D eigenvalue weighted by Crippen LogP contribution is 2.58. The number of anilines is 1. The van der Waals surface area contributed by atoms with E-state index in [1.54, 1.807) is 18.2 Å². The standard InChI is InChI=1S/C17H19Cl2NO/c18-11-2-4-15(19)16(8-11)20-17(21)14-7-9-5-10-1-3-12(14)13(10)6-9/h2,4,8-10,12-14H,1,3,5-7H2,(H,20,21)/t9-,10-,12+,13-,14+/m0/s1. The van der Waals surface area contributed by atoms with E-state index in [-0.39, 0.29) is 11.8 Å². The Morgan fingerprint density at radius 2 is 1.95 bits per heavy atom. The van der Waals surface area contributed by atoms with E-state index in [2.05, 4.69) is 5.32 Å². The van der Waals surface area contributed by atoms with Gasteiger partial charge in [0.05, 0.1) is 10.7 Å². The SMILES string of the molecule is O=C(Nc1cc(Cl)ccc1Cl)[C@@H]1C[C@H]2C[C@@H]3CC[C@@H]1[C@H]3C2. The topological polar surface area (TPSA) is 29.1 Å². The van der Waals surface area contributed by atoms with E-state index in [0.29, 0.717) is 21.7 Å². The lowest BCUT2D eigenvalue weighted by Gasteiger charge is -2.33. The molecule has 5 atom stereocenters. The molecule has 3 aliphatic rings. The molecule has 0 aromatic heterocycles. The molecule has 4 rings (SSSR count). The summed E-state index contributed by atoms with van der Waals surface area (Å²) in [5, 5.41) is 4.17. The summed E-state index contributed by atoms with van der Waals surface area (Å²) in [4.78, 5) is 12.7. The molecular weight excluding hydrogens is 305 g/mol. The summed E-state index contributed by atoms with van der Waals surface area (Å²) in [6.07, 6.45) is 6.32. The van der Waals surface area contributed by atoms with Crippen LogP contribution in [-0.4, -0.2) is 5.91 Å². The molecule has 0 aliphatic heterocycles. The highest BCUT2D eigenvalue weighted by molar-refractivity contribution is 6.35. The van der Waals surface area contributed by atoms with Crippen LogP contribution in [0.4, 0.5) is 5.69 Å². The number of amides is 1. The van der Waals surface area contributed by atoms with Gasteiger partial charge in [0.1, 0.15) is 0 Å². The summed E-state index contributed by atoms with van der Waals surface area (Å²) in [6.45, 7) is 0. The van der Waals surface area contributed by atoms with Crippen molar-refractivity contribution >= 4 is 34.8 Å². The number of hydrogen-bond acceptors (Lipinski definition) is 1. The van der Waals surface area contributed by atoms with Crippen LogP contribution in [0, 0.1) is 29.6 Å². The summed E-state index contributed by atoms with van der Waals surface area (Å²) in [5.41, 5.74) is 0.640. The maximum Gasteiger partial charge on any atom is 0.227 e. The molecule has 1 N–H and O–H groups in total. The minimum absolute atomic E-state index is 0.140. The second kappa shape index (κ2) is 5.17. The molecule has 2 nitrogen and oxygen atoms in total. The predicted molar refractivity (Wildman–Crippen MR) is 85.6 cm³/mol. The maximum atomic E-state index is 12.7. The molecule has 21 heavy (non-hydrogen) atoms. The molecule has 4 heteroatoms. The quantitative estimate of drug-likeness (QED) is 0.814. The molecule has 0 radical (unpaired) electrons. The molecular formula is C17H19Cl2NO. The third kappa shape index (κ3) is 2.37. The van der Waals surface area contributed by atoms with Crippen LogP contribution in [0.1, 0.15) is 32.1 Å². The van der Waals surface area contributed by atoms with E-state index in [1.807, 2.05) is 0 Å². The van der Waals surface area contributed by atoms with Gasteiger partial charge in [-0.25, -0.2) is 0 Å². The highest BCUT2D eigenvalue weighted by Gasteiger charge is 2.52. The van der Waals surface area contributed by atoms with Crippen LogP contribution in [0.2, 0.25) is 10.0 Å². The van der Waals surface area contributed by atoms with Gasteiger partial charge in [-0.05, 0) is 74.0 Å². The second-order valence-electron chi connectivity index (χ2n) is 6.96. The Bertz CT molecular complexity index is 586. The van der Waals surface area contributed by atoms with Crippen LogP contribution >= 0.6 is 23.2 Å². The van der Waals surface area contributed by atoms with Gasteiger partial charge in [0.25, 0.3) is 0 Å².